The zero-order valence-electron chi connectivity index (χ0n) is 13.5. The summed E-state index contributed by atoms with van der Waals surface area (Å²) in [6, 6.07) is 6.69. The Morgan fingerprint density at radius 1 is 0.913 bits per heavy atom. The first-order valence-electron chi connectivity index (χ1n) is 7.51. The molecule has 0 saturated carbocycles. The van der Waals surface area contributed by atoms with Gasteiger partial charge in [-0.25, -0.2) is 0 Å². The molecule has 1 heterocycles. The van der Waals surface area contributed by atoms with Crippen LogP contribution in [0.4, 0.5) is 24.5 Å². The summed E-state index contributed by atoms with van der Waals surface area (Å²) in [6.45, 7) is 8.57. The van der Waals surface area contributed by atoms with Gasteiger partial charge in [-0.1, -0.05) is 17.8 Å². The molecule has 2 aromatic rings. The molecule has 0 atom stereocenters. The monoisotopic (exact) mass is 337 g/mol. The smallest absolute Gasteiger partial charge is 0.339 e. The van der Waals surface area contributed by atoms with Gasteiger partial charge in [0.15, 0.2) is 0 Å². The van der Waals surface area contributed by atoms with E-state index in [9.17, 15) is 13.2 Å². The third kappa shape index (κ3) is 2.71. The highest BCUT2D eigenvalue weighted by atomic mass is 32.2. The third-order valence-electron chi connectivity index (χ3n) is 4.08. The molecule has 5 heteroatoms. The maximum absolute atomic E-state index is 13.1. The molecule has 0 fully saturated rings. The predicted molar refractivity (Wildman–Crippen MR) is 88.9 cm³/mol. The van der Waals surface area contributed by atoms with Crippen LogP contribution in [0.15, 0.2) is 34.1 Å². The largest absolute Gasteiger partial charge is 0.416 e. The van der Waals surface area contributed by atoms with Crippen molar-refractivity contribution in [2.24, 2.45) is 0 Å². The highest BCUT2D eigenvalue weighted by Gasteiger charge is 2.34. The second-order valence-electron chi connectivity index (χ2n) is 5.91. The fourth-order valence-corrected chi connectivity index (χ4v) is 4.63. The summed E-state index contributed by atoms with van der Waals surface area (Å²) in [5.74, 6) is 0. The standard InChI is InChI=1S/C18H18F3NS/c1-5-22-16-11(3)6-10(2)7-14(16)23-15-9-13(18(19,20)21)8-12(4)17(15)22/h6-9H,5H2,1-4H3. The van der Waals surface area contributed by atoms with E-state index in [4.69, 9.17) is 0 Å². The third-order valence-corrected chi connectivity index (χ3v) is 5.14. The minimum atomic E-state index is -4.32. The van der Waals surface area contributed by atoms with Crippen molar-refractivity contribution in [3.63, 3.8) is 0 Å². The summed E-state index contributed by atoms with van der Waals surface area (Å²) in [6.07, 6.45) is -4.32. The lowest BCUT2D eigenvalue weighted by Gasteiger charge is -2.35. The second-order valence-corrected chi connectivity index (χ2v) is 7.00. The molecule has 1 aliphatic heterocycles. The molecule has 1 aliphatic rings. The van der Waals surface area contributed by atoms with E-state index in [-0.39, 0.29) is 0 Å². The van der Waals surface area contributed by atoms with Crippen LogP contribution in [-0.2, 0) is 6.18 Å². The van der Waals surface area contributed by atoms with Gasteiger partial charge in [-0.3, -0.25) is 0 Å². The van der Waals surface area contributed by atoms with E-state index >= 15 is 0 Å². The molecule has 0 spiro atoms. The summed E-state index contributed by atoms with van der Waals surface area (Å²) in [7, 11) is 0. The Hall–Kier alpha value is -1.62. The molecule has 122 valence electrons. The molecule has 0 radical (unpaired) electrons. The molecule has 2 aromatic carbocycles. The van der Waals surface area contributed by atoms with E-state index in [1.165, 1.54) is 23.9 Å². The minimum absolute atomic E-state index is 0.579. The van der Waals surface area contributed by atoms with Crippen molar-refractivity contribution in [2.75, 3.05) is 11.4 Å². The van der Waals surface area contributed by atoms with Crippen LogP contribution in [0.5, 0.6) is 0 Å². The van der Waals surface area contributed by atoms with Crippen molar-refractivity contribution in [3.8, 4) is 0 Å². The van der Waals surface area contributed by atoms with Gasteiger partial charge in [0.25, 0.3) is 0 Å². The average Bonchev–Trinajstić information content (AvgIpc) is 2.43. The van der Waals surface area contributed by atoms with Gasteiger partial charge < -0.3 is 4.90 Å². The van der Waals surface area contributed by atoms with Crippen LogP contribution in [0.2, 0.25) is 0 Å². The van der Waals surface area contributed by atoms with Crippen LogP contribution in [0.3, 0.4) is 0 Å². The van der Waals surface area contributed by atoms with Crippen molar-refractivity contribution < 1.29 is 13.2 Å². The van der Waals surface area contributed by atoms with Crippen molar-refractivity contribution in [2.45, 2.75) is 43.7 Å². The molecule has 0 saturated heterocycles. The van der Waals surface area contributed by atoms with Crippen LogP contribution < -0.4 is 4.90 Å². The van der Waals surface area contributed by atoms with E-state index < -0.39 is 11.7 Å². The summed E-state index contributed by atoms with van der Waals surface area (Å²) in [5.41, 5.74) is 4.36. The molecule has 0 unspecified atom stereocenters. The summed E-state index contributed by atoms with van der Waals surface area (Å²) in [4.78, 5) is 3.83. The van der Waals surface area contributed by atoms with E-state index in [2.05, 4.69) is 17.9 Å². The maximum atomic E-state index is 13.1. The number of alkyl halides is 3. The van der Waals surface area contributed by atoms with Crippen molar-refractivity contribution in [1.82, 2.24) is 0 Å². The maximum Gasteiger partial charge on any atom is 0.416 e. The highest BCUT2D eigenvalue weighted by Crippen LogP contribution is 2.52. The molecule has 3 rings (SSSR count). The van der Waals surface area contributed by atoms with E-state index in [0.717, 1.165) is 33.9 Å². The van der Waals surface area contributed by atoms with Gasteiger partial charge in [0, 0.05) is 16.3 Å². The first-order valence-corrected chi connectivity index (χ1v) is 8.32. The fraction of sp³-hybridized carbons (Fsp3) is 0.333. The van der Waals surface area contributed by atoms with Gasteiger partial charge >= 0.3 is 6.18 Å². The quantitative estimate of drug-likeness (QED) is 0.605. The molecule has 23 heavy (non-hydrogen) atoms. The first-order chi connectivity index (χ1) is 10.7. The SMILES string of the molecule is CCN1c2c(C)cc(C)cc2Sc2cc(C(F)(F)F)cc(C)c21. The Kier molecular flexibility index (Phi) is 3.87. The number of aryl methyl sites for hydroxylation is 3. The number of rotatable bonds is 1. The Labute approximate surface area is 138 Å². The summed E-state index contributed by atoms with van der Waals surface area (Å²) >= 11 is 1.43. The van der Waals surface area contributed by atoms with Gasteiger partial charge in [-0.05, 0) is 62.6 Å². The number of hydrogen-bond donors (Lipinski definition) is 0. The van der Waals surface area contributed by atoms with Crippen LogP contribution in [-0.4, -0.2) is 6.54 Å². The second kappa shape index (κ2) is 5.48. The van der Waals surface area contributed by atoms with Crippen LogP contribution in [0.25, 0.3) is 0 Å². The molecule has 0 N–H and O–H groups in total. The number of hydrogen-bond acceptors (Lipinski definition) is 2. The van der Waals surface area contributed by atoms with Gasteiger partial charge in [0.05, 0.1) is 16.9 Å². The Morgan fingerprint density at radius 2 is 1.48 bits per heavy atom. The lowest BCUT2D eigenvalue weighted by atomic mass is 10.0. The van der Waals surface area contributed by atoms with E-state index in [1.807, 2.05) is 19.9 Å². The molecule has 0 amide bonds. The van der Waals surface area contributed by atoms with Crippen LogP contribution >= 0.6 is 11.8 Å². The van der Waals surface area contributed by atoms with Gasteiger partial charge in [0.2, 0.25) is 0 Å². The lowest BCUT2D eigenvalue weighted by Crippen LogP contribution is -2.23. The van der Waals surface area contributed by atoms with Crippen LogP contribution in [0, 0.1) is 20.8 Å². The average molecular weight is 337 g/mol. The van der Waals surface area contributed by atoms with E-state index in [0.29, 0.717) is 10.5 Å². The molecular weight excluding hydrogens is 319 g/mol. The fourth-order valence-electron chi connectivity index (χ4n) is 3.23. The molecular formula is C18H18F3NS. The molecule has 0 aliphatic carbocycles. The van der Waals surface area contributed by atoms with Crippen LogP contribution in [0.1, 0.15) is 29.2 Å². The normalized spacial score (nSPS) is 13.8. The van der Waals surface area contributed by atoms with Gasteiger partial charge in [-0.15, -0.1) is 0 Å². The zero-order valence-corrected chi connectivity index (χ0v) is 14.3. The summed E-state index contributed by atoms with van der Waals surface area (Å²) in [5, 5.41) is 0. The first kappa shape index (κ1) is 16.2. The minimum Gasteiger partial charge on any atom is -0.339 e. The summed E-state index contributed by atoms with van der Waals surface area (Å²) < 4.78 is 39.4. The van der Waals surface area contributed by atoms with Gasteiger partial charge in [0.1, 0.15) is 0 Å². The number of anilines is 2. The van der Waals surface area contributed by atoms with E-state index in [1.54, 1.807) is 6.92 Å². The molecule has 1 nitrogen and oxygen atoms in total. The topological polar surface area (TPSA) is 3.24 Å². The predicted octanol–water partition coefficient (Wildman–Crippen LogP) is 6.25. The van der Waals surface area contributed by atoms with Crippen molar-refractivity contribution in [3.05, 3.63) is 46.5 Å². The number of benzene rings is 2. The van der Waals surface area contributed by atoms with Crippen molar-refractivity contribution >= 4 is 23.1 Å². The Balaban J connectivity index is 2.24. The highest BCUT2D eigenvalue weighted by molar-refractivity contribution is 7.99. The zero-order chi connectivity index (χ0) is 16.9. The Bertz CT molecular complexity index is 781. The van der Waals surface area contributed by atoms with Gasteiger partial charge in [-0.2, -0.15) is 13.2 Å². The number of nitrogens with zero attached hydrogens (tertiary/aromatic N) is 1. The lowest BCUT2D eigenvalue weighted by molar-refractivity contribution is -0.137. The Morgan fingerprint density at radius 3 is 2.04 bits per heavy atom. The van der Waals surface area contributed by atoms with Crippen molar-refractivity contribution in [1.29, 1.82) is 0 Å². The molecule has 0 aromatic heterocycles. The number of halogens is 3. The number of fused-ring (bicyclic) bond motifs is 2. The molecule has 0 bridgehead atoms.